The maximum Gasteiger partial charge on any atom is 0.0607 e. The summed E-state index contributed by atoms with van der Waals surface area (Å²) in [5, 5.41) is 10.2. The predicted molar refractivity (Wildman–Crippen MR) is 52.2 cm³/mol. The number of allylic oxidation sites excluding steroid dienone is 2. The van der Waals surface area contributed by atoms with Gasteiger partial charge in [0.2, 0.25) is 0 Å². The van der Waals surface area contributed by atoms with Crippen molar-refractivity contribution in [3.05, 3.63) is 11.6 Å². The van der Waals surface area contributed by atoms with Crippen molar-refractivity contribution in [2.45, 2.75) is 38.7 Å². The molecule has 0 saturated heterocycles. The molecule has 0 aliphatic heterocycles. The summed E-state index contributed by atoms with van der Waals surface area (Å²) in [5.41, 5.74) is 1.57. The molecule has 1 nitrogen and oxygen atoms in total. The van der Waals surface area contributed by atoms with Crippen molar-refractivity contribution in [1.29, 1.82) is 0 Å². The van der Waals surface area contributed by atoms with E-state index in [0.717, 1.165) is 11.8 Å². The summed E-state index contributed by atoms with van der Waals surface area (Å²) in [6.45, 7) is 2.26. The lowest BCUT2D eigenvalue weighted by molar-refractivity contribution is -0.0467. The Balaban J connectivity index is 1.99. The Hall–Kier alpha value is -0.300. The molecule has 0 amide bonds. The van der Waals surface area contributed by atoms with Gasteiger partial charge in [-0.05, 0) is 49.9 Å². The highest BCUT2D eigenvalue weighted by Crippen LogP contribution is 2.53. The highest BCUT2D eigenvalue weighted by Gasteiger charge is 2.48. The lowest BCUT2D eigenvalue weighted by Crippen LogP contribution is -2.43. The summed E-state index contributed by atoms with van der Waals surface area (Å²) < 4.78 is 0. The highest BCUT2D eigenvalue weighted by atomic mass is 16.3. The van der Waals surface area contributed by atoms with Crippen LogP contribution in [-0.2, 0) is 0 Å². The topological polar surface area (TPSA) is 20.2 Å². The Morgan fingerprint density at radius 1 is 1.31 bits per heavy atom. The summed E-state index contributed by atoms with van der Waals surface area (Å²) in [7, 11) is 0. The zero-order valence-corrected chi connectivity index (χ0v) is 8.24. The van der Waals surface area contributed by atoms with Gasteiger partial charge in [0, 0.05) is 0 Å². The van der Waals surface area contributed by atoms with Crippen molar-refractivity contribution in [2.24, 2.45) is 23.7 Å². The molecule has 0 heterocycles. The molecule has 5 atom stereocenters. The Labute approximate surface area is 79.8 Å². The quantitative estimate of drug-likeness (QED) is 0.565. The van der Waals surface area contributed by atoms with Crippen molar-refractivity contribution < 1.29 is 5.11 Å². The molecule has 0 aromatic rings. The molecule has 4 bridgehead atoms. The molecule has 13 heavy (non-hydrogen) atoms. The molecule has 3 aliphatic carbocycles. The Morgan fingerprint density at radius 2 is 2.08 bits per heavy atom. The van der Waals surface area contributed by atoms with Crippen LogP contribution < -0.4 is 0 Å². The zero-order valence-electron chi connectivity index (χ0n) is 8.24. The fourth-order valence-corrected chi connectivity index (χ4v) is 3.97. The molecule has 0 aromatic carbocycles. The first kappa shape index (κ1) is 8.05. The smallest absolute Gasteiger partial charge is 0.0607 e. The van der Waals surface area contributed by atoms with Gasteiger partial charge in [-0.2, -0.15) is 0 Å². The monoisotopic (exact) mass is 178 g/mol. The first-order chi connectivity index (χ1) is 6.27. The maximum atomic E-state index is 10.2. The van der Waals surface area contributed by atoms with Crippen LogP contribution in [0.15, 0.2) is 11.6 Å². The molecule has 72 valence electrons. The van der Waals surface area contributed by atoms with Gasteiger partial charge in [-0.15, -0.1) is 0 Å². The molecule has 1 heteroatoms. The Morgan fingerprint density at radius 3 is 2.92 bits per heavy atom. The SMILES string of the molecule is CC1=C[C@H]2C[C@@H]1[C@@H]1CCC[C@H]2C1O. The zero-order chi connectivity index (χ0) is 9.00. The number of rotatable bonds is 0. The second-order valence-corrected chi connectivity index (χ2v) is 5.17. The fraction of sp³-hybridized carbons (Fsp3) is 0.833. The van der Waals surface area contributed by atoms with E-state index in [1.165, 1.54) is 25.7 Å². The van der Waals surface area contributed by atoms with E-state index in [0.29, 0.717) is 11.8 Å². The van der Waals surface area contributed by atoms with Crippen LogP contribution in [0.2, 0.25) is 0 Å². The fourth-order valence-electron chi connectivity index (χ4n) is 3.97. The Kier molecular flexibility index (Phi) is 1.61. The standard InChI is InChI=1S/C12H18O/c1-7-5-8-6-11(7)10-4-2-3-9(8)12(10)13/h5,8-13H,2-4,6H2,1H3/t8-,9+,10-,11-,12?/m0/s1. The lowest BCUT2D eigenvalue weighted by atomic mass is 9.63. The van der Waals surface area contributed by atoms with E-state index in [9.17, 15) is 5.11 Å². The second kappa shape index (κ2) is 2.60. The van der Waals surface area contributed by atoms with E-state index < -0.39 is 0 Å². The molecule has 2 saturated carbocycles. The Bertz CT molecular complexity index is 256. The first-order valence-corrected chi connectivity index (χ1v) is 5.64. The van der Waals surface area contributed by atoms with E-state index >= 15 is 0 Å². The summed E-state index contributed by atoms with van der Waals surface area (Å²) in [6, 6.07) is 0. The average Bonchev–Trinajstić information content (AvgIpc) is 2.43. The van der Waals surface area contributed by atoms with Crippen LogP contribution in [0.3, 0.4) is 0 Å². The van der Waals surface area contributed by atoms with Crippen LogP contribution in [0.4, 0.5) is 0 Å². The third kappa shape index (κ3) is 0.969. The molecule has 0 aromatic heterocycles. The van der Waals surface area contributed by atoms with Crippen molar-refractivity contribution in [3.8, 4) is 0 Å². The minimum absolute atomic E-state index is 0.0196. The number of aliphatic hydroxyl groups excluding tert-OH is 1. The van der Waals surface area contributed by atoms with Crippen LogP contribution >= 0.6 is 0 Å². The van der Waals surface area contributed by atoms with Crippen molar-refractivity contribution in [3.63, 3.8) is 0 Å². The average molecular weight is 178 g/mol. The van der Waals surface area contributed by atoms with E-state index in [2.05, 4.69) is 13.0 Å². The first-order valence-electron chi connectivity index (χ1n) is 5.64. The van der Waals surface area contributed by atoms with Crippen LogP contribution in [0.5, 0.6) is 0 Å². The molecule has 3 aliphatic rings. The van der Waals surface area contributed by atoms with Gasteiger partial charge in [-0.1, -0.05) is 18.1 Å². The van der Waals surface area contributed by atoms with Crippen molar-refractivity contribution in [2.75, 3.05) is 0 Å². The molecule has 0 spiro atoms. The number of hydrogen-bond acceptors (Lipinski definition) is 1. The van der Waals surface area contributed by atoms with E-state index in [1.54, 1.807) is 5.57 Å². The number of fused-ring (bicyclic) bond motifs is 6. The van der Waals surface area contributed by atoms with Gasteiger partial charge < -0.3 is 5.11 Å². The van der Waals surface area contributed by atoms with Crippen LogP contribution in [0, 0.1) is 23.7 Å². The van der Waals surface area contributed by atoms with E-state index in [1.807, 2.05) is 0 Å². The van der Waals surface area contributed by atoms with Gasteiger partial charge in [0.25, 0.3) is 0 Å². The summed E-state index contributed by atoms with van der Waals surface area (Å²) in [4.78, 5) is 0. The predicted octanol–water partition coefficient (Wildman–Crippen LogP) is 2.36. The van der Waals surface area contributed by atoms with Gasteiger partial charge in [0.1, 0.15) is 0 Å². The van der Waals surface area contributed by atoms with Crippen molar-refractivity contribution >= 4 is 0 Å². The minimum Gasteiger partial charge on any atom is -0.393 e. The van der Waals surface area contributed by atoms with Gasteiger partial charge in [-0.25, -0.2) is 0 Å². The summed E-state index contributed by atoms with van der Waals surface area (Å²) in [5.74, 6) is 2.66. The normalized spacial score (nSPS) is 53.4. The van der Waals surface area contributed by atoms with Crippen molar-refractivity contribution in [1.82, 2.24) is 0 Å². The molecular formula is C12H18O. The lowest BCUT2D eigenvalue weighted by Gasteiger charge is -2.44. The number of aliphatic hydroxyl groups is 1. The molecule has 0 radical (unpaired) electrons. The minimum atomic E-state index is 0.0196. The second-order valence-electron chi connectivity index (χ2n) is 5.17. The summed E-state index contributed by atoms with van der Waals surface area (Å²) >= 11 is 0. The van der Waals surface area contributed by atoms with Gasteiger partial charge in [-0.3, -0.25) is 0 Å². The van der Waals surface area contributed by atoms with Gasteiger partial charge >= 0.3 is 0 Å². The third-order valence-corrected chi connectivity index (χ3v) is 4.61. The molecule has 2 fully saturated rings. The largest absolute Gasteiger partial charge is 0.393 e. The van der Waals surface area contributed by atoms with E-state index in [-0.39, 0.29) is 6.10 Å². The molecule has 3 rings (SSSR count). The highest BCUT2D eigenvalue weighted by molar-refractivity contribution is 5.21. The number of hydrogen-bond donors (Lipinski definition) is 1. The molecule has 1 N–H and O–H groups in total. The summed E-state index contributed by atoms with van der Waals surface area (Å²) in [6.07, 6.45) is 7.69. The van der Waals surface area contributed by atoms with Gasteiger partial charge in [0.15, 0.2) is 0 Å². The molecule has 1 unspecified atom stereocenters. The van der Waals surface area contributed by atoms with Crippen LogP contribution in [0.25, 0.3) is 0 Å². The van der Waals surface area contributed by atoms with E-state index in [4.69, 9.17) is 0 Å². The maximum absolute atomic E-state index is 10.2. The van der Waals surface area contributed by atoms with Gasteiger partial charge in [0.05, 0.1) is 6.10 Å². The molecular weight excluding hydrogens is 160 g/mol. The van der Waals surface area contributed by atoms with Crippen LogP contribution in [-0.4, -0.2) is 11.2 Å². The van der Waals surface area contributed by atoms with Crippen LogP contribution in [0.1, 0.15) is 32.6 Å². The third-order valence-electron chi connectivity index (χ3n) is 4.61.